The van der Waals surface area contributed by atoms with E-state index < -0.39 is 0 Å². The molecule has 0 bridgehead atoms. The first-order valence-electron chi connectivity index (χ1n) is 9.30. The molecule has 0 unspecified atom stereocenters. The molecule has 0 saturated carbocycles. The van der Waals surface area contributed by atoms with Crippen LogP contribution in [-0.4, -0.2) is 21.3 Å². The maximum Gasteiger partial charge on any atom is 0.185 e. The molecule has 4 aromatic rings. The molecule has 4 nitrogen and oxygen atoms in total. The van der Waals surface area contributed by atoms with E-state index in [0.29, 0.717) is 0 Å². The van der Waals surface area contributed by atoms with Crippen molar-refractivity contribution in [3.05, 3.63) is 93.2 Å². The van der Waals surface area contributed by atoms with Crippen LogP contribution in [0, 0.1) is 0 Å². The number of hydrogen-bond acceptors (Lipinski definition) is 4. The van der Waals surface area contributed by atoms with E-state index in [1.807, 2.05) is 23.1 Å². The van der Waals surface area contributed by atoms with Gasteiger partial charge in [-0.1, -0.05) is 34.1 Å². The third kappa shape index (κ3) is 3.62. The first kappa shape index (κ1) is 17.6. The molecule has 28 heavy (non-hydrogen) atoms. The smallest absolute Gasteiger partial charge is 0.185 e. The highest BCUT2D eigenvalue weighted by atomic mass is 79.9. The van der Waals surface area contributed by atoms with Gasteiger partial charge >= 0.3 is 0 Å². The summed E-state index contributed by atoms with van der Waals surface area (Å²) in [7, 11) is 0. The molecule has 1 aliphatic rings. The van der Waals surface area contributed by atoms with E-state index in [1.165, 1.54) is 21.6 Å². The fraction of sp³-hybridized carbons (Fsp3) is 0.182. The molecule has 0 spiro atoms. The Hall–Kier alpha value is -2.44. The van der Waals surface area contributed by atoms with Gasteiger partial charge in [0.25, 0.3) is 0 Å². The van der Waals surface area contributed by atoms with Crippen molar-refractivity contribution >= 4 is 32.4 Å². The van der Waals surface area contributed by atoms with Gasteiger partial charge in [-0.2, -0.15) is 5.10 Å². The Morgan fingerprint density at radius 1 is 1.07 bits per heavy atom. The van der Waals surface area contributed by atoms with Crippen molar-refractivity contribution in [2.45, 2.75) is 19.4 Å². The van der Waals surface area contributed by atoms with Crippen molar-refractivity contribution in [3.63, 3.8) is 0 Å². The van der Waals surface area contributed by atoms with E-state index >= 15 is 0 Å². The standard InChI is InChI=1S/C22H19BrN4S/c23-19-5-4-17-8-11-26(15-18(17)13-19)22-24-14-21(28-22)12-16-2-6-20(7-3-16)27-10-1-9-25-27/h1-7,9-10,13-14H,8,11-12,15H2. The highest BCUT2D eigenvalue weighted by molar-refractivity contribution is 9.10. The molecule has 0 fully saturated rings. The van der Waals surface area contributed by atoms with Gasteiger partial charge in [-0.05, 0) is 53.4 Å². The zero-order valence-corrected chi connectivity index (χ0v) is 17.7. The molecule has 2 aromatic heterocycles. The zero-order valence-electron chi connectivity index (χ0n) is 15.3. The predicted octanol–water partition coefficient (Wildman–Crippen LogP) is 5.24. The molecule has 0 atom stereocenters. The second-order valence-electron chi connectivity index (χ2n) is 6.99. The number of anilines is 1. The van der Waals surface area contributed by atoms with Gasteiger partial charge in [0.15, 0.2) is 5.13 Å². The number of aromatic nitrogens is 3. The molecule has 0 amide bonds. The lowest BCUT2D eigenvalue weighted by Gasteiger charge is -2.28. The molecular weight excluding hydrogens is 432 g/mol. The Balaban J connectivity index is 1.29. The Morgan fingerprint density at radius 2 is 1.96 bits per heavy atom. The van der Waals surface area contributed by atoms with E-state index in [2.05, 4.69) is 68.4 Å². The monoisotopic (exact) mass is 450 g/mol. The Bertz CT molecular complexity index is 1090. The van der Waals surface area contributed by atoms with E-state index in [-0.39, 0.29) is 0 Å². The largest absolute Gasteiger partial charge is 0.343 e. The number of thiazole rings is 1. The molecule has 0 saturated heterocycles. The van der Waals surface area contributed by atoms with Gasteiger partial charge in [0.1, 0.15) is 0 Å². The number of hydrogen-bond donors (Lipinski definition) is 0. The summed E-state index contributed by atoms with van der Waals surface area (Å²) >= 11 is 5.39. The van der Waals surface area contributed by atoms with E-state index in [0.717, 1.165) is 41.2 Å². The fourth-order valence-corrected chi connectivity index (χ4v) is 4.98. The highest BCUT2D eigenvalue weighted by Crippen LogP contribution is 2.30. The maximum absolute atomic E-state index is 4.71. The molecule has 0 radical (unpaired) electrons. The molecule has 0 aliphatic carbocycles. The predicted molar refractivity (Wildman–Crippen MR) is 117 cm³/mol. The molecule has 140 valence electrons. The maximum atomic E-state index is 4.71. The van der Waals surface area contributed by atoms with Crippen LogP contribution >= 0.6 is 27.3 Å². The second-order valence-corrected chi connectivity index (χ2v) is 9.00. The lowest BCUT2D eigenvalue weighted by Crippen LogP contribution is -2.30. The van der Waals surface area contributed by atoms with Crippen LogP contribution in [0.15, 0.2) is 71.6 Å². The van der Waals surface area contributed by atoms with Gasteiger partial charge in [-0.15, -0.1) is 11.3 Å². The third-order valence-electron chi connectivity index (χ3n) is 5.08. The van der Waals surface area contributed by atoms with Crippen molar-refractivity contribution in [1.82, 2.24) is 14.8 Å². The van der Waals surface area contributed by atoms with Crippen LogP contribution in [0.25, 0.3) is 5.69 Å². The number of nitrogens with zero attached hydrogens (tertiary/aromatic N) is 4. The van der Waals surface area contributed by atoms with Crippen molar-refractivity contribution < 1.29 is 0 Å². The Morgan fingerprint density at radius 3 is 2.79 bits per heavy atom. The normalized spacial score (nSPS) is 13.5. The van der Waals surface area contributed by atoms with Crippen LogP contribution in [0.2, 0.25) is 0 Å². The fourth-order valence-electron chi connectivity index (χ4n) is 3.60. The van der Waals surface area contributed by atoms with Crippen LogP contribution in [0.1, 0.15) is 21.6 Å². The summed E-state index contributed by atoms with van der Waals surface area (Å²) in [5, 5.41) is 5.40. The van der Waals surface area contributed by atoms with E-state index in [1.54, 1.807) is 17.5 Å². The van der Waals surface area contributed by atoms with Gasteiger partial charge < -0.3 is 4.90 Å². The van der Waals surface area contributed by atoms with Gasteiger partial charge in [0, 0.05) is 47.5 Å². The Labute approximate surface area is 176 Å². The van der Waals surface area contributed by atoms with Gasteiger partial charge in [0.05, 0.1) is 5.69 Å². The molecule has 3 heterocycles. The summed E-state index contributed by atoms with van der Waals surface area (Å²) in [6.07, 6.45) is 7.77. The summed E-state index contributed by atoms with van der Waals surface area (Å²) in [5.74, 6) is 0. The van der Waals surface area contributed by atoms with Crippen molar-refractivity contribution in [3.8, 4) is 5.69 Å². The van der Waals surface area contributed by atoms with Crippen LogP contribution in [0.5, 0.6) is 0 Å². The first-order valence-corrected chi connectivity index (χ1v) is 10.9. The molecular formula is C22H19BrN4S. The van der Waals surface area contributed by atoms with Crippen LogP contribution in [0.3, 0.4) is 0 Å². The summed E-state index contributed by atoms with van der Waals surface area (Å²) in [4.78, 5) is 8.39. The molecule has 6 heteroatoms. The number of rotatable bonds is 4. The molecule has 5 rings (SSSR count). The van der Waals surface area contributed by atoms with Gasteiger partial charge in [-0.25, -0.2) is 9.67 Å². The van der Waals surface area contributed by atoms with E-state index in [9.17, 15) is 0 Å². The van der Waals surface area contributed by atoms with Gasteiger partial charge in [-0.3, -0.25) is 0 Å². The topological polar surface area (TPSA) is 34.0 Å². The third-order valence-corrected chi connectivity index (χ3v) is 6.63. The van der Waals surface area contributed by atoms with E-state index in [4.69, 9.17) is 4.98 Å². The minimum atomic E-state index is 0.910. The average molecular weight is 451 g/mol. The summed E-state index contributed by atoms with van der Waals surface area (Å²) < 4.78 is 3.02. The number of fused-ring (bicyclic) bond motifs is 1. The molecule has 2 aromatic carbocycles. The van der Waals surface area contributed by atoms with Crippen LogP contribution in [-0.2, 0) is 19.4 Å². The highest BCUT2D eigenvalue weighted by Gasteiger charge is 2.19. The quantitative estimate of drug-likeness (QED) is 0.425. The number of benzene rings is 2. The van der Waals surface area contributed by atoms with Crippen LogP contribution < -0.4 is 4.90 Å². The second kappa shape index (κ2) is 7.53. The zero-order chi connectivity index (χ0) is 18.9. The van der Waals surface area contributed by atoms with Crippen molar-refractivity contribution in [2.24, 2.45) is 0 Å². The lowest BCUT2D eigenvalue weighted by atomic mass is 10.0. The average Bonchev–Trinajstić information content (AvgIpc) is 3.40. The Kier molecular flexibility index (Phi) is 4.74. The molecule has 0 N–H and O–H groups in total. The first-order chi connectivity index (χ1) is 13.7. The minimum absolute atomic E-state index is 0.910. The van der Waals surface area contributed by atoms with Crippen LogP contribution in [0.4, 0.5) is 5.13 Å². The minimum Gasteiger partial charge on any atom is -0.343 e. The van der Waals surface area contributed by atoms with Crippen molar-refractivity contribution in [2.75, 3.05) is 11.4 Å². The van der Waals surface area contributed by atoms with Gasteiger partial charge in [0.2, 0.25) is 0 Å². The summed E-state index contributed by atoms with van der Waals surface area (Å²) in [5.41, 5.74) is 5.22. The lowest BCUT2D eigenvalue weighted by molar-refractivity contribution is 0.728. The SMILES string of the molecule is Brc1ccc2c(c1)CN(c1ncc(Cc3ccc(-n4cccn4)cc3)s1)CC2. The summed E-state index contributed by atoms with van der Waals surface area (Å²) in [6.45, 7) is 1.96. The van der Waals surface area contributed by atoms with Crippen molar-refractivity contribution in [1.29, 1.82) is 0 Å². The molecule has 1 aliphatic heterocycles. The summed E-state index contributed by atoms with van der Waals surface area (Å²) in [6, 6.07) is 17.1. The number of halogens is 1.